The smallest absolute Gasteiger partial charge is 0.223 e. The van der Waals surface area contributed by atoms with Crippen LogP contribution in [-0.2, 0) is 6.54 Å². The van der Waals surface area contributed by atoms with Gasteiger partial charge in [0.2, 0.25) is 5.89 Å². The summed E-state index contributed by atoms with van der Waals surface area (Å²) in [6, 6.07) is 1.98. The van der Waals surface area contributed by atoms with Crippen molar-refractivity contribution in [3.8, 4) is 0 Å². The number of aryl methyl sites for hydroxylation is 1. The van der Waals surface area contributed by atoms with Gasteiger partial charge in [-0.05, 0) is 31.0 Å². The summed E-state index contributed by atoms with van der Waals surface area (Å²) in [5.41, 5.74) is 1.12. The third-order valence-corrected chi connectivity index (χ3v) is 4.00. The van der Waals surface area contributed by atoms with Gasteiger partial charge in [0.1, 0.15) is 0 Å². The van der Waals surface area contributed by atoms with E-state index in [-0.39, 0.29) is 0 Å². The average molecular weight is 293 g/mol. The van der Waals surface area contributed by atoms with E-state index in [0.717, 1.165) is 48.9 Å². The first-order chi connectivity index (χ1) is 9.72. The molecule has 0 aliphatic carbocycles. The van der Waals surface area contributed by atoms with Crippen molar-refractivity contribution in [3.05, 3.63) is 40.8 Å². The standard InChI is InChI=1S/C14H17ClN4O/c1-10-17-14(18-20-10)12-3-2-6-19(9-12)8-11-4-5-16-7-13(11)15/h4-5,7,12H,2-3,6,8-9H2,1H3/t12-/m1/s1. The zero-order valence-corrected chi connectivity index (χ0v) is 12.2. The van der Waals surface area contributed by atoms with Crippen molar-refractivity contribution in [2.24, 2.45) is 0 Å². The van der Waals surface area contributed by atoms with Crippen LogP contribution in [0, 0.1) is 6.92 Å². The predicted molar refractivity (Wildman–Crippen MR) is 75.5 cm³/mol. The minimum atomic E-state index is 0.349. The van der Waals surface area contributed by atoms with Crippen LogP contribution in [-0.4, -0.2) is 33.1 Å². The first-order valence-electron chi connectivity index (χ1n) is 6.83. The normalized spacial score (nSPS) is 20.2. The quantitative estimate of drug-likeness (QED) is 0.871. The molecular weight excluding hydrogens is 276 g/mol. The van der Waals surface area contributed by atoms with Gasteiger partial charge in [0.15, 0.2) is 5.82 Å². The van der Waals surface area contributed by atoms with Gasteiger partial charge in [0, 0.05) is 38.3 Å². The molecule has 6 heteroatoms. The van der Waals surface area contributed by atoms with E-state index < -0.39 is 0 Å². The molecule has 0 amide bonds. The molecule has 1 atom stereocenters. The molecule has 0 aromatic carbocycles. The fourth-order valence-electron chi connectivity index (χ4n) is 2.66. The SMILES string of the molecule is Cc1nc([C@@H]2CCCN(Cc3ccncc3Cl)C2)no1. The summed E-state index contributed by atoms with van der Waals surface area (Å²) < 4.78 is 5.08. The highest BCUT2D eigenvalue weighted by Crippen LogP contribution is 2.26. The van der Waals surface area contributed by atoms with Crippen LogP contribution in [0.3, 0.4) is 0 Å². The average Bonchev–Trinajstić information content (AvgIpc) is 2.89. The number of hydrogen-bond donors (Lipinski definition) is 0. The number of pyridine rings is 1. The second kappa shape index (κ2) is 5.89. The molecule has 0 unspecified atom stereocenters. The van der Waals surface area contributed by atoms with E-state index in [2.05, 4.69) is 20.0 Å². The molecule has 2 aromatic rings. The molecule has 1 aliphatic rings. The van der Waals surface area contributed by atoms with Gasteiger partial charge in [-0.2, -0.15) is 4.98 Å². The fourth-order valence-corrected chi connectivity index (χ4v) is 2.84. The van der Waals surface area contributed by atoms with Gasteiger partial charge in [-0.15, -0.1) is 0 Å². The van der Waals surface area contributed by atoms with Crippen molar-refractivity contribution in [3.63, 3.8) is 0 Å². The summed E-state index contributed by atoms with van der Waals surface area (Å²) in [4.78, 5) is 10.8. The van der Waals surface area contributed by atoms with Crippen LogP contribution >= 0.6 is 11.6 Å². The summed E-state index contributed by atoms with van der Waals surface area (Å²) in [5, 5.41) is 4.78. The van der Waals surface area contributed by atoms with Crippen LogP contribution in [0.5, 0.6) is 0 Å². The second-order valence-electron chi connectivity index (χ2n) is 5.21. The molecule has 0 bridgehead atoms. The van der Waals surface area contributed by atoms with Crippen molar-refractivity contribution >= 4 is 11.6 Å². The van der Waals surface area contributed by atoms with Gasteiger partial charge in [0.05, 0.1) is 5.02 Å². The second-order valence-corrected chi connectivity index (χ2v) is 5.62. The maximum Gasteiger partial charge on any atom is 0.223 e. The molecule has 3 heterocycles. The number of rotatable bonds is 3. The molecular formula is C14H17ClN4O. The molecule has 1 saturated heterocycles. The Balaban J connectivity index is 1.68. The van der Waals surface area contributed by atoms with Gasteiger partial charge < -0.3 is 4.52 Å². The Labute approximate surface area is 123 Å². The van der Waals surface area contributed by atoms with Crippen LogP contribution in [0.4, 0.5) is 0 Å². The highest BCUT2D eigenvalue weighted by atomic mass is 35.5. The topological polar surface area (TPSA) is 55.1 Å². The Morgan fingerprint density at radius 2 is 2.40 bits per heavy atom. The molecule has 0 radical (unpaired) electrons. The molecule has 1 fully saturated rings. The lowest BCUT2D eigenvalue weighted by molar-refractivity contribution is 0.194. The van der Waals surface area contributed by atoms with Crippen molar-refractivity contribution < 1.29 is 4.52 Å². The number of nitrogens with zero attached hydrogens (tertiary/aromatic N) is 4. The Morgan fingerprint density at radius 1 is 1.50 bits per heavy atom. The summed E-state index contributed by atoms with van der Waals surface area (Å²) in [7, 11) is 0. The van der Waals surface area contributed by atoms with Crippen molar-refractivity contribution in [1.29, 1.82) is 0 Å². The zero-order valence-electron chi connectivity index (χ0n) is 11.4. The van der Waals surface area contributed by atoms with Gasteiger partial charge in [-0.25, -0.2) is 0 Å². The van der Waals surface area contributed by atoms with E-state index in [1.54, 1.807) is 12.4 Å². The van der Waals surface area contributed by atoms with Crippen molar-refractivity contribution in [1.82, 2.24) is 20.0 Å². The predicted octanol–water partition coefficient (Wildman–Crippen LogP) is 2.81. The lowest BCUT2D eigenvalue weighted by Crippen LogP contribution is -2.34. The minimum absolute atomic E-state index is 0.349. The van der Waals surface area contributed by atoms with Gasteiger partial charge >= 0.3 is 0 Å². The third-order valence-electron chi connectivity index (χ3n) is 3.66. The Hall–Kier alpha value is -1.46. The van der Waals surface area contributed by atoms with E-state index in [1.165, 1.54) is 0 Å². The molecule has 106 valence electrons. The van der Waals surface area contributed by atoms with Gasteiger partial charge in [-0.1, -0.05) is 16.8 Å². The van der Waals surface area contributed by atoms with Crippen LogP contribution in [0.1, 0.15) is 36.0 Å². The number of likely N-dealkylation sites (tertiary alicyclic amines) is 1. The largest absolute Gasteiger partial charge is 0.340 e. The molecule has 0 spiro atoms. The molecule has 0 saturated carbocycles. The Kier molecular flexibility index (Phi) is 3.98. The van der Waals surface area contributed by atoms with Crippen LogP contribution < -0.4 is 0 Å². The lowest BCUT2D eigenvalue weighted by atomic mass is 9.97. The highest BCUT2D eigenvalue weighted by Gasteiger charge is 2.25. The van der Waals surface area contributed by atoms with Crippen molar-refractivity contribution in [2.45, 2.75) is 32.2 Å². The first-order valence-corrected chi connectivity index (χ1v) is 7.21. The van der Waals surface area contributed by atoms with Gasteiger partial charge in [0.25, 0.3) is 0 Å². The molecule has 0 N–H and O–H groups in total. The first kappa shape index (κ1) is 13.5. The number of aromatic nitrogens is 3. The monoisotopic (exact) mass is 292 g/mol. The van der Waals surface area contributed by atoms with Gasteiger partial charge in [-0.3, -0.25) is 9.88 Å². The number of halogens is 1. The summed E-state index contributed by atoms with van der Waals surface area (Å²) in [6.07, 6.45) is 5.73. The van der Waals surface area contributed by atoms with E-state index in [1.807, 2.05) is 13.0 Å². The van der Waals surface area contributed by atoms with Crippen LogP contribution in [0.25, 0.3) is 0 Å². The third kappa shape index (κ3) is 2.99. The molecule has 3 rings (SSSR count). The van der Waals surface area contributed by atoms with E-state index >= 15 is 0 Å². The molecule has 1 aliphatic heterocycles. The molecule has 5 nitrogen and oxygen atoms in total. The summed E-state index contributed by atoms with van der Waals surface area (Å²) in [6.45, 7) is 4.69. The minimum Gasteiger partial charge on any atom is -0.340 e. The van der Waals surface area contributed by atoms with E-state index in [0.29, 0.717) is 11.8 Å². The maximum atomic E-state index is 6.17. The maximum absolute atomic E-state index is 6.17. The number of piperidine rings is 1. The fraction of sp³-hybridized carbons (Fsp3) is 0.500. The Bertz CT molecular complexity index is 586. The number of hydrogen-bond acceptors (Lipinski definition) is 5. The van der Waals surface area contributed by atoms with Crippen LogP contribution in [0.15, 0.2) is 23.0 Å². The van der Waals surface area contributed by atoms with E-state index in [9.17, 15) is 0 Å². The summed E-state index contributed by atoms with van der Waals surface area (Å²) in [5.74, 6) is 1.81. The molecule has 20 heavy (non-hydrogen) atoms. The van der Waals surface area contributed by atoms with E-state index in [4.69, 9.17) is 16.1 Å². The van der Waals surface area contributed by atoms with Crippen molar-refractivity contribution in [2.75, 3.05) is 13.1 Å². The van der Waals surface area contributed by atoms with Crippen LogP contribution in [0.2, 0.25) is 5.02 Å². The summed E-state index contributed by atoms with van der Waals surface area (Å²) >= 11 is 6.17. The highest BCUT2D eigenvalue weighted by molar-refractivity contribution is 6.31. The zero-order chi connectivity index (χ0) is 13.9. The molecule has 2 aromatic heterocycles. The Morgan fingerprint density at radius 3 is 3.15 bits per heavy atom. The lowest BCUT2D eigenvalue weighted by Gasteiger charge is -2.31.